The average Bonchev–Trinajstić information content (AvgIpc) is 2.93. The van der Waals surface area contributed by atoms with E-state index in [-0.39, 0.29) is 12.0 Å². The molecule has 2 atom stereocenters. The zero-order valence-corrected chi connectivity index (χ0v) is 12.1. The van der Waals surface area contributed by atoms with Gasteiger partial charge in [0.2, 0.25) is 5.75 Å². The molecule has 1 aliphatic carbocycles. The third-order valence-electron chi connectivity index (χ3n) is 3.70. The minimum atomic E-state index is 0.0640. The van der Waals surface area contributed by atoms with Gasteiger partial charge in [-0.2, -0.15) is 5.26 Å². The largest absolute Gasteiger partial charge is 0.493 e. The number of methoxy groups -OCH3 is 3. The lowest BCUT2D eigenvalue weighted by Gasteiger charge is -2.19. The molecule has 1 saturated carbocycles. The van der Waals surface area contributed by atoms with Crippen LogP contribution in [0.1, 0.15) is 19.3 Å². The van der Waals surface area contributed by atoms with Crippen LogP contribution in [0.2, 0.25) is 0 Å². The molecule has 0 heterocycles. The van der Waals surface area contributed by atoms with Crippen LogP contribution in [-0.2, 0) is 0 Å². The topological polar surface area (TPSA) is 63.5 Å². The first-order valence-electron chi connectivity index (χ1n) is 6.69. The Morgan fingerprint density at radius 3 is 2.25 bits per heavy atom. The van der Waals surface area contributed by atoms with Crippen LogP contribution in [0.3, 0.4) is 0 Å². The minimum Gasteiger partial charge on any atom is -0.493 e. The van der Waals surface area contributed by atoms with Crippen molar-refractivity contribution in [2.75, 3.05) is 26.6 Å². The van der Waals surface area contributed by atoms with Gasteiger partial charge >= 0.3 is 0 Å². The highest BCUT2D eigenvalue weighted by Gasteiger charge is 2.27. The van der Waals surface area contributed by atoms with E-state index in [9.17, 15) is 0 Å². The summed E-state index contributed by atoms with van der Waals surface area (Å²) in [5.74, 6) is 1.86. The van der Waals surface area contributed by atoms with Gasteiger partial charge in [0.1, 0.15) is 0 Å². The maximum Gasteiger partial charge on any atom is 0.203 e. The lowest BCUT2D eigenvalue weighted by molar-refractivity contribution is 0.324. The number of anilines is 1. The predicted molar refractivity (Wildman–Crippen MR) is 76.5 cm³/mol. The highest BCUT2D eigenvalue weighted by atomic mass is 16.5. The van der Waals surface area contributed by atoms with Crippen molar-refractivity contribution >= 4 is 5.69 Å². The molecule has 0 spiro atoms. The maximum atomic E-state index is 9.14. The molecule has 2 unspecified atom stereocenters. The molecule has 0 bridgehead atoms. The number of nitrogens with one attached hydrogen (secondary N) is 1. The van der Waals surface area contributed by atoms with Crippen molar-refractivity contribution in [3.8, 4) is 23.3 Å². The Bertz CT molecular complexity index is 485. The van der Waals surface area contributed by atoms with Gasteiger partial charge in [-0.05, 0) is 19.3 Å². The number of nitrogens with zero attached hydrogens (tertiary/aromatic N) is 1. The maximum absolute atomic E-state index is 9.14. The summed E-state index contributed by atoms with van der Waals surface area (Å²) in [6, 6.07) is 6.29. The molecule has 1 aromatic rings. The molecule has 1 aliphatic rings. The standard InChI is InChI=1S/C15H20N2O3/c1-18-13-7-11(8-14(19-2)15(13)20-3)17-12-6-4-5-10(12)9-16/h7-8,10,12,17H,4-6H2,1-3H3. The predicted octanol–water partition coefficient (Wildman–Crippen LogP) is 2.82. The summed E-state index contributed by atoms with van der Waals surface area (Å²) in [5, 5.41) is 12.5. The first kappa shape index (κ1) is 14.3. The van der Waals surface area contributed by atoms with Crippen molar-refractivity contribution in [3.05, 3.63) is 12.1 Å². The van der Waals surface area contributed by atoms with Crippen molar-refractivity contribution in [1.29, 1.82) is 5.26 Å². The van der Waals surface area contributed by atoms with Crippen molar-refractivity contribution in [1.82, 2.24) is 0 Å². The Balaban J connectivity index is 2.26. The molecular weight excluding hydrogens is 256 g/mol. The summed E-state index contributed by atoms with van der Waals surface area (Å²) in [4.78, 5) is 0. The van der Waals surface area contributed by atoms with Crippen LogP contribution in [0, 0.1) is 17.2 Å². The summed E-state index contributed by atoms with van der Waals surface area (Å²) in [7, 11) is 4.76. The van der Waals surface area contributed by atoms with Gasteiger partial charge in [0.25, 0.3) is 0 Å². The van der Waals surface area contributed by atoms with Gasteiger partial charge in [-0.15, -0.1) is 0 Å². The molecule has 108 valence electrons. The van der Waals surface area contributed by atoms with E-state index in [4.69, 9.17) is 19.5 Å². The molecule has 0 aromatic heterocycles. The van der Waals surface area contributed by atoms with E-state index in [2.05, 4.69) is 11.4 Å². The number of benzene rings is 1. The van der Waals surface area contributed by atoms with Crippen molar-refractivity contribution in [2.24, 2.45) is 5.92 Å². The van der Waals surface area contributed by atoms with Crippen molar-refractivity contribution in [2.45, 2.75) is 25.3 Å². The Hall–Kier alpha value is -2.09. The van der Waals surface area contributed by atoms with E-state index in [1.807, 2.05) is 12.1 Å². The fourth-order valence-electron chi connectivity index (χ4n) is 2.67. The van der Waals surface area contributed by atoms with Crippen molar-refractivity contribution < 1.29 is 14.2 Å². The highest BCUT2D eigenvalue weighted by Crippen LogP contribution is 2.40. The van der Waals surface area contributed by atoms with Crippen LogP contribution < -0.4 is 19.5 Å². The summed E-state index contributed by atoms with van der Waals surface area (Å²) in [6.45, 7) is 0. The molecule has 0 aliphatic heterocycles. The zero-order valence-electron chi connectivity index (χ0n) is 12.1. The van der Waals surface area contributed by atoms with Gasteiger partial charge in [0.15, 0.2) is 11.5 Å². The smallest absolute Gasteiger partial charge is 0.203 e. The molecular formula is C15H20N2O3. The Morgan fingerprint density at radius 2 is 1.75 bits per heavy atom. The normalized spacial score (nSPS) is 21.1. The van der Waals surface area contributed by atoms with E-state index < -0.39 is 0 Å². The molecule has 0 amide bonds. The Morgan fingerprint density at radius 1 is 1.10 bits per heavy atom. The quantitative estimate of drug-likeness (QED) is 0.896. The summed E-state index contributed by atoms with van der Waals surface area (Å²) >= 11 is 0. The van der Waals surface area contributed by atoms with Crippen LogP contribution in [0.4, 0.5) is 5.69 Å². The highest BCUT2D eigenvalue weighted by molar-refractivity contribution is 5.63. The number of rotatable bonds is 5. The molecule has 1 fully saturated rings. The molecule has 5 nitrogen and oxygen atoms in total. The Kier molecular flexibility index (Phi) is 4.57. The second-order valence-corrected chi connectivity index (χ2v) is 4.83. The van der Waals surface area contributed by atoms with Crippen LogP contribution in [0.5, 0.6) is 17.2 Å². The lowest BCUT2D eigenvalue weighted by Crippen LogP contribution is -2.22. The first-order chi connectivity index (χ1) is 9.73. The monoisotopic (exact) mass is 276 g/mol. The first-order valence-corrected chi connectivity index (χ1v) is 6.69. The summed E-state index contributed by atoms with van der Waals surface area (Å²) < 4.78 is 15.9. The third-order valence-corrected chi connectivity index (χ3v) is 3.70. The van der Waals surface area contributed by atoms with Gasteiger partial charge in [-0.3, -0.25) is 0 Å². The van der Waals surface area contributed by atoms with E-state index in [0.29, 0.717) is 17.2 Å². The van der Waals surface area contributed by atoms with Crippen LogP contribution in [0.15, 0.2) is 12.1 Å². The molecule has 2 rings (SSSR count). The van der Waals surface area contributed by atoms with E-state index in [1.54, 1.807) is 21.3 Å². The summed E-state index contributed by atoms with van der Waals surface area (Å²) in [5.41, 5.74) is 0.881. The number of ether oxygens (including phenoxy) is 3. The number of hydrogen-bond acceptors (Lipinski definition) is 5. The molecule has 0 saturated heterocycles. The van der Waals surface area contributed by atoms with Crippen molar-refractivity contribution in [3.63, 3.8) is 0 Å². The van der Waals surface area contributed by atoms with Gasteiger partial charge < -0.3 is 19.5 Å². The fraction of sp³-hybridized carbons (Fsp3) is 0.533. The molecule has 20 heavy (non-hydrogen) atoms. The van der Waals surface area contributed by atoms with E-state index in [1.165, 1.54) is 0 Å². The second-order valence-electron chi connectivity index (χ2n) is 4.83. The third kappa shape index (κ3) is 2.74. The van der Waals surface area contributed by atoms with Crippen LogP contribution >= 0.6 is 0 Å². The SMILES string of the molecule is COc1cc(NC2CCCC2C#N)cc(OC)c1OC. The van der Waals surface area contributed by atoms with Gasteiger partial charge in [-0.1, -0.05) is 0 Å². The van der Waals surface area contributed by atoms with E-state index >= 15 is 0 Å². The molecule has 1 aromatic carbocycles. The Labute approximate surface area is 119 Å². The molecule has 0 radical (unpaired) electrons. The van der Waals surface area contributed by atoms with Gasteiger partial charge in [-0.25, -0.2) is 0 Å². The van der Waals surface area contributed by atoms with Gasteiger partial charge in [0.05, 0.1) is 33.3 Å². The number of nitriles is 1. The van der Waals surface area contributed by atoms with Crippen LogP contribution in [-0.4, -0.2) is 27.4 Å². The van der Waals surface area contributed by atoms with E-state index in [0.717, 1.165) is 24.9 Å². The molecule has 5 heteroatoms. The number of hydrogen-bond donors (Lipinski definition) is 1. The van der Waals surface area contributed by atoms with Gasteiger partial charge in [0, 0.05) is 23.9 Å². The lowest BCUT2D eigenvalue weighted by atomic mass is 10.1. The second kappa shape index (κ2) is 6.38. The zero-order chi connectivity index (χ0) is 14.5. The average molecular weight is 276 g/mol. The van der Waals surface area contributed by atoms with Crippen LogP contribution in [0.25, 0.3) is 0 Å². The summed E-state index contributed by atoms with van der Waals surface area (Å²) in [6.07, 6.45) is 3.05. The minimum absolute atomic E-state index is 0.0640. The fourth-order valence-corrected chi connectivity index (χ4v) is 2.67. The molecule has 1 N–H and O–H groups in total.